The first-order chi connectivity index (χ1) is 5.88. The molecule has 0 radical (unpaired) electrons. The van der Waals surface area contributed by atoms with Crippen LogP contribution >= 0.6 is 22.6 Å². The van der Waals surface area contributed by atoms with Crippen LogP contribution in [0.25, 0.3) is 11.3 Å². The lowest BCUT2D eigenvalue weighted by Crippen LogP contribution is -1.74. The van der Waals surface area contributed by atoms with Gasteiger partial charge in [0.05, 0.1) is 9.83 Å². The van der Waals surface area contributed by atoms with Gasteiger partial charge < -0.3 is 4.42 Å². The first-order valence-corrected chi connectivity index (χ1v) is 4.74. The van der Waals surface area contributed by atoms with Crippen LogP contribution in [0.4, 0.5) is 0 Å². The molecule has 1 heterocycles. The van der Waals surface area contributed by atoms with E-state index < -0.39 is 0 Å². The maximum atomic E-state index is 5.34. The summed E-state index contributed by atoms with van der Waals surface area (Å²) < 4.78 is 6.49. The molecule has 0 saturated carbocycles. The van der Waals surface area contributed by atoms with Crippen molar-refractivity contribution < 1.29 is 4.42 Å². The zero-order valence-corrected chi connectivity index (χ0v) is 8.49. The van der Waals surface area contributed by atoms with E-state index in [2.05, 4.69) is 22.6 Å². The van der Waals surface area contributed by atoms with Crippen molar-refractivity contribution in [2.75, 3.05) is 0 Å². The Hall–Kier alpha value is -0.770. The minimum absolute atomic E-state index is 0.955. The molecule has 2 heteroatoms. The highest BCUT2D eigenvalue weighted by molar-refractivity contribution is 14.1. The molecule has 0 unspecified atom stereocenters. The van der Waals surface area contributed by atoms with E-state index in [1.54, 1.807) is 6.26 Å². The molecule has 12 heavy (non-hydrogen) atoms. The van der Waals surface area contributed by atoms with Gasteiger partial charge in [0.15, 0.2) is 0 Å². The van der Waals surface area contributed by atoms with Crippen molar-refractivity contribution in [1.82, 2.24) is 0 Å². The monoisotopic (exact) mass is 270 g/mol. The Balaban J connectivity index is 2.51. The second kappa shape index (κ2) is 3.31. The van der Waals surface area contributed by atoms with E-state index in [9.17, 15) is 0 Å². The van der Waals surface area contributed by atoms with Crippen molar-refractivity contribution in [1.29, 1.82) is 0 Å². The number of hydrogen-bond donors (Lipinski definition) is 0. The van der Waals surface area contributed by atoms with Gasteiger partial charge in [-0.1, -0.05) is 30.3 Å². The largest absolute Gasteiger partial charge is 0.463 e. The number of hydrogen-bond acceptors (Lipinski definition) is 1. The first-order valence-electron chi connectivity index (χ1n) is 3.66. The van der Waals surface area contributed by atoms with Crippen molar-refractivity contribution >= 4 is 22.6 Å². The normalized spacial score (nSPS) is 10.1. The third kappa shape index (κ3) is 1.39. The van der Waals surface area contributed by atoms with Gasteiger partial charge in [-0.05, 0) is 28.7 Å². The fraction of sp³-hybridized carbons (Fsp3) is 0. The van der Waals surface area contributed by atoms with E-state index in [0.29, 0.717) is 0 Å². The third-order valence-electron chi connectivity index (χ3n) is 1.65. The van der Waals surface area contributed by atoms with Crippen LogP contribution in [0.1, 0.15) is 0 Å². The number of benzene rings is 1. The van der Waals surface area contributed by atoms with Gasteiger partial charge in [0, 0.05) is 5.56 Å². The van der Waals surface area contributed by atoms with E-state index in [0.717, 1.165) is 14.9 Å². The molecule has 0 saturated heterocycles. The van der Waals surface area contributed by atoms with Crippen molar-refractivity contribution in [3.63, 3.8) is 0 Å². The summed E-state index contributed by atoms with van der Waals surface area (Å²) in [6, 6.07) is 12.1. The molecule has 0 N–H and O–H groups in total. The highest BCUT2D eigenvalue weighted by atomic mass is 127. The molecule has 2 aromatic rings. The van der Waals surface area contributed by atoms with Crippen LogP contribution in [-0.4, -0.2) is 0 Å². The Morgan fingerprint density at radius 3 is 2.33 bits per heavy atom. The van der Waals surface area contributed by atoms with Crippen LogP contribution in [0.3, 0.4) is 0 Å². The van der Waals surface area contributed by atoms with Crippen LogP contribution in [0.15, 0.2) is 47.1 Å². The van der Waals surface area contributed by atoms with Crippen LogP contribution in [-0.2, 0) is 0 Å². The van der Waals surface area contributed by atoms with Crippen LogP contribution in [0.5, 0.6) is 0 Å². The summed E-state index contributed by atoms with van der Waals surface area (Å²) in [4.78, 5) is 0. The number of furan rings is 1. The minimum atomic E-state index is 0.955. The molecule has 0 aliphatic carbocycles. The lowest BCUT2D eigenvalue weighted by Gasteiger charge is -1.95. The summed E-state index contributed by atoms with van der Waals surface area (Å²) in [6.07, 6.45) is 1.71. The highest BCUT2D eigenvalue weighted by Gasteiger charge is 2.04. The van der Waals surface area contributed by atoms with Gasteiger partial charge in [0.25, 0.3) is 0 Å². The van der Waals surface area contributed by atoms with Crippen LogP contribution in [0, 0.1) is 3.57 Å². The fourth-order valence-corrected chi connectivity index (χ4v) is 1.67. The summed E-state index contributed by atoms with van der Waals surface area (Å²) in [7, 11) is 0. The van der Waals surface area contributed by atoms with Gasteiger partial charge in [0.2, 0.25) is 0 Å². The topological polar surface area (TPSA) is 13.1 Å². The summed E-state index contributed by atoms with van der Waals surface area (Å²) >= 11 is 2.27. The summed E-state index contributed by atoms with van der Waals surface area (Å²) in [5.41, 5.74) is 1.13. The van der Waals surface area contributed by atoms with Crippen LogP contribution < -0.4 is 0 Å². The van der Waals surface area contributed by atoms with Gasteiger partial charge in [-0.3, -0.25) is 0 Å². The quantitative estimate of drug-likeness (QED) is 0.722. The summed E-state index contributed by atoms with van der Waals surface area (Å²) in [5, 5.41) is 0. The lowest BCUT2D eigenvalue weighted by atomic mass is 10.2. The molecule has 0 bridgehead atoms. The van der Waals surface area contributed by atoms with Gasteiger partial charge in [-0.25, -0.2) is 0 Å². The Bertz CT molecular complexity index is 364. The van der Waals surface area contributed by atoms with E-state index in [4.69, 9.17) is 4.42 Å². The highest BCUT2D eigenvalue weighted by Crippen LogP contribution is 2.25. The van der Waals surface area contributed by atoms with Crippen molar-refractivity contribution in [2.24, 2.45) is 0 Å². The Kier molecular flexibility index (Phi) is 2.17. The molecule has 0 spiro atoms. The van der Waals surface area contributed by atoms with E-state index in [-0.39, 0.29) is 0 Å². The van der Waals surface area contributed by atoms with E-state index in [1.165, 1.54) is 0 Å². The molecular formula is C10H7IO. The van der Waals surface area contributed by atoms with Crippen molar-refractivity contribution in [2.45, 2.75) is 0 Å². The fourth-order valence-electron chi connectivity index (χ4n) is 1.09. The van der Waals surface area contributed by atoms with Crippen molar-refractivity contribution in [3.05, 3.63) is 46.2 Å². The molecule has 0 aliphatic heterocycles. The molecule has 0 aliphatic rings. The summed E-state index contributed by atoms with van der Waals surface area (Å²) in [5.74, 6) is 0.955. The zero-order valence-electron chi connectivity index (χ0n) is 6.33. The maximum Gasteiger partial charge on any atom is 0.147 e. The summed E-state index contributed by atoms with van der Waals surface area (Å²) in [6.45, 7) is 0. The number of rotatable bonds is 1. The molecule has 1 nitrogen and oxygen atoms in total. The van der Waals surface area contributed by atoms with Gasteiger partial charge in [-0.15, -0.1) is 0 Å². The standard InChI is InChI=1S/C10H7IO/c11-9-6-7-12-10(9)8-4-2-1-3-5-8/h1-7H. The molecular weight excluding hydrogens is 263 g/mol. The molecule has 0 fully saturated rings. The van der Waals surface area contributed by atoms with Gasteiger partial charge >= 0.3 is 0 Å². The minimum Gasteiger partial charge on any atom is -0.463 e. The van der Waals surface area contributed by atoms with Crippen molar-refractivity contribution in [3.8, 4) is 11.3 Å². The van der Waals surface area contributed by atoms with Crippen LogP contribution in [0.2, 0.25) is 0 Å². The Labute approximate surface area is 84.5 Å². The predicted molar refractivity (Wildman–Crippen MR) is 56.9 cm³/mol. The van der Waals surface area contributed by atoms with Gasteiger partial charge in [-0.2, -0.15) is 0 Å². The smallest absolute Gasteiger partial charge is 0.147 e. The molecule has 60 valence electrons. The average Bonchev–Trinajstić information content (AvgIpc) is 2.53. The number of halogens is 1. The van der Waals surface area contributed by atoms with E-state index >= 15 is 0 Å². The van der Waals surface area contributed by atoms with Gasteiger partial charge in [0.1, 0.15) is 5.76 Å². The van der Waals surface area contributed by atoms with E-state index in [1.807, 2.05) is 36.4 Å². The maximum absolute atomic E-state index is 5.34. The molecule has 0 atom stereocenters. The zero-order chi connectivity index (χ0) is 8.39. The third-order valence-corrected chi connectivity index (χ3v) is 2.50. The lowest BCUT2D eigenvalue weighted by molar-refractivity contribution is 0.581. The average molecular weight is 270 g/mol. The first kappa shape index (κ1) is 7.86. The molecule has 1 aromatic heterocycles. The SMILES string of the molecule is Ic1ccoc1-c1ccccc1. The Morgan fingerprint density at radius 1 is 1.00 bits per heavy atom. The Morgan fingerprint density at radius 2 is 1.75 bits per heavy atom. The molecule has 0 amide bonds. The second-order valence-corrected chi connectivity index (χ2v) is 3.63. The second-order valence-electron chi connectivity index (χ2n) is 2.46. The molecule has 1 aromatic carbocycles. The predicted octanol–water partition coefficient (Wildman–Crippen LogP) is 3.55. The molecule has 2 rings (SSSR count).